The van der Waals surface area contributed by atoms with E-state index in [0.717, 1.165) is 17.0 Å². The first-order valence-corrected chi connectivity index (χ1v) is 5.97. The lowest BCUT2D eigenvalue weighted by molar-refractivity contribution is 0.908. The zero-order chi connectivity index (χ0) is 11.0. The van der Waals surface area contributed by atoms with Gasteiger partial charge >= 0.3 is 0 Å². The number of thiophene rings is 1. The summed E-state index contributed by atoms with van der Waals surface area (Å²) in [6.07, 6.45) is 1.86. The molecule has 0 radical (unpaired) electrons. The van der Waals surface area contributed by atoms with E-state index in [1.54, 1.807) is 11.3 Å². The third-order valence-electron chi connectivity index (χ3n) is 2.58. The van der Waals surface area contributed by atoms with Crippen LogP contribution in [0.3, 0.4) is 0 Å². The van der Waals surface area contributed by atoms with Crippen LogP contribution >= 0.6 is 11.3 Å². The van der Waals surface area contributed by atoms with Crippen LogP contribution in [-0.4, -0.2) is 9.38 Å². The van der Waals surface area contributed by atoms with Crippen molar-refractivity contribution >= 4 is 16.9 Å². The summed E-state index contributed by atoms with van der Waals surface area (Å²) in [5.41, 5.74) is 7.95. The molecular formula is C12H11N3S. The minimum atomic E-state index is 0.455. The monoisotopic (exact) mass is 229 g/mol. The molecule has 3 nitrogen and oxygen atoms in total. The highest BCUT2D eigenvalue weighted by molar-refractivity contribution is 7.13. The molecule has 0 bridgehead atoms. The van der Waals surface area contributed by atoms with Gasteiger partial charge in [-0.25, -0.2) is 4.98 Å². The van der Waals surface area contributed by atoms with Crippen molar-refractivity contribution in [2.24, 2.45) is 5.73 Å². The molecule has 3 aromatic rings. The number of imidazole rings is 1. The Kier molecular flexibility index (Phi) is 2.23. The molecule has 16 heavy (non-hydrogen) atoms. The molecule has 0 spiro atoms. The molecule has 0 aliphatic rings. The summed E-state index contributed by atoms with van der Waals surface area (Å²) in [7, 11) is 0. The SMILES string of the molecule is NCc1ncc2cccc(-c3cccs3)n12. The van der Waals surface area contributed by atoms with E-state index in [0.29, 0.717) is 6.54 Å². The highest BCUT2D eigenvalue weighted by Crippen LogP contribution is 2.26. The number of aromatic nitrogens is 2. The summed E-state index contributed by atoms with van der Waals surface area (Å²) in [6, 6.07) is 10.4. The van der Waals surface area contributed by atoms with Gasteiger partial charge in [0.1, 0.15) is 5.82 Å². The van der Waals surface area contributed by atoms with Gasteiger partial charge < -0.3 is 5.73 Å². The number of rotatable bonds is 2. The topological polar surface area (TPSA) is 43.3 Å². The van der Waals surface area contributed by atoms with E-state index < -0.39 is 0 Å². The van der Waals surface area contributed by atoms with Gasteiger partial charge in [0.2, 0.25) is 0 Å². The van der Waals surface area contributed by atoms with E-state index >= 15 is 0 Å². The maximum absolute atomic E-state index is 5.70. The summed E-state index contributed by atoms with van der Waals surface area (Å²) in [5.74, 6) is 0.902. The molecule has 3 aromatic heterocycles. The highest BCUT2D eigenvalue weighted by atomic mass is 32.1. The average molecular weight is 229 g/mol. The van der Waals surface area contributed by atoms with Gasteiger partial charge in [0.05, 0.1) is 28.8 Å². The molecule has 3 heterocycles. The molecule has 0 atom stereocenters. The van der Waals surface area contributed by atoms with Gasteiger partial charge in [-0.3, -0.25) is 4.40 Å². The van der Waals surface area contributed by atoms with Crippen LogP contribution in [0, 0.1) is 0 Å². The molecule has 80 valence electrons. The Balaban J connectivity index is 2.35. The number of nitrogens with zero attached hydrogens (tertiary/aromatic N) is 2. The Labute approximate surface area is 97.2 Å². The lowest BCUT2D eigenvalue weighted by Crippen LogP contribution is -2.04. The van der Waals surface area contributed by atoms with Crippen LogP contribution in [0.2, 0.25) is 0 Å². The van der Waals surface area contributed by atoms with Crippen LogP contribution in [0.5, 0.6) is 0 Å². The second-order valence-electron chi connectivity index (χ2n) is 3.53. The summed E-state index contributed by atoms with van der Waals surface area (Å²) >= 11 is 1.72. The fourth-order valence-electron chi connectivity index (χ4n) is 1.87. The second-order valence-corrected chi connectivity index (χ2v) is 4.47. The zero-order valence-electron chi connectivity index (χ0n) is 8.63. The molecule has 3 rings (SSSR count). The van der Waals surface area contributed by atoms with Gasteiger partial charge in [-0.2, -0.15) is 0 Å². The molecule has 0 saturated heterocycles. The number of pyridine rings is 1. The number of hydrogen-bond donors (Lipinski definition) is 1. The van der Waals surface area contributed by atoms with Gasteiger partial charge in [-0.1, -0.05) is 12.1 Å². The van der Waals surface area contributed by atoms with Gasteiger partial charge in [0.25, 0.3) is 0 Å². The molecule has 0 aliphatic heterocycles. The first-order chi connectivity index (χ1) is 7.90. The quantitative estimate of drug-likeness (QED) is 0.733. The predicted molar refractivity (Wildman–Crippen MR) is 66.4 cm³/mol. The van der Waals surface area contributed by atoms with E-state index in [2.05, 4.69) is 33.0 Å². The lowest BCUT2D eigenvalue weighted by Gasteiger charge is -2.05. The van der Waals surface area contributed by atoms with Crippen LogP contribution in [0.1, 0.15) is 5.82 Å². The van der Waals surface area contributed by atoms with Crippen molar-refractivity contribution in [3.05, 3.63) is 47.7 Å². The van der Waals surface area contributed by atoms with Crippen molar-refractivity contribution in [3.8, 4) is 10.6 Å². The van der Waals surface area contributed by atoms with E-state index in [-0.39, 0.29) is 0 Å². The minimum Gasteiger partial charge on any atom is -0.324 e. The van der Waals surface area contributed by atoms with Crippen molar-refractivity contribution in [1.29, 1.82) is 0 Å². The van der Waals surface area contributed by atoms with Crippen molar-refractivity contribution in [1.82, 2.24) is 9.38 Å². The largest absolute Gasteiger partial charge is 0.324 e. The Morgan fingerprint density at radius 2 is 2.19 bits per heavy atom. The van der Waals surface area contributed by atoms with Crippen LogP contribution < -0.4 is 5.73 Å². The Hall–Kier alpha value is -1.65. The summed E-state index contributed by atoms with van der Waals surface area (Å²) in [4.78, 5) is 5.56. The minimum absolute atomic E-state index is 0.455. The van der Waals surface area contributed by atoms with Crippen LogP contribution in [-0.2, 0) is 6.54 Å². The van der Waals surface area contributed by atoms with E-state index in [9.17, 15) is 0 Å². The number of nitrogens with two attached hydrogens (primary N) is 1. The fraction of sp³-hybridized carbons (Fsp3) is 0.0833. The van der Waals surface area contributed by atoms with Crippen molar-refractivity contribution in [2.75, 3.05) is 0 Å². The first-order valence-electron chi connectivity index (χ1n) is 5.09. The third kappa shape index (κ3) is 1.35. The number of hydrogen-bond acceptors (Lipinski definition) is 3. The second kappa shape index (κ2) is 3.73. The third-order valence-corrected chi connectivity index (χ3v) is 3.47. The molecule has 4 heteroatoms. The van der Waals surface area contributed by atoms with Crippen LogP contribution in [0.15, 0.2) is 41.9 Å². The first kappa shape index (κ1) is 9.57. The maximum Gasteiger partial charge on any atom is 0.127 e. The molecule has 0 aliphatic carbocycles. The molecule has 0 aromatic carbocycles. The molecule has 0 unspecified atom stereocenters. The Bertz CT molecular complexity index is 610. The molecule has 0 amide bonds. The standard InChI is InChI=1S/C12H11N3S/c13-7-12-14-8-9-3-1-4-10(15(9)12)11-5-2-6-16-11/h1-6,8H,7,13H2. The van der Waals surface area contributed by atoms with Gasteiger partial charge in [0, 0.05) is 0 Å². The predicted octanol–water partition coefficient (Wildman–Crippen LogP) is 2.52. The van der Waals surface area contributed by atoms with E-state index in [1.165, 1.54) is 4.88 Å². The summed E-state index contributed by atoms with van der Waals surface area (Å²) in [5, 5.41) is 2.08. The molecule has 0 fully saturated rings. The number of fused-ring (bicyclic) bond motifs is 1. The van der Waals surface area contributed by atoms with Gasteiger partial charge in [-0.05, 0) is 23.6 Å². The molecule has 2 N–H and O–H groups in total. The molecule has 0 saturated carbocycles. The zero-order valence-corrected chi connectivity index (χ0v) is 9.45. The summed E-state index contributed by atoms with van der Waals surface area (Å²) < 4.78 is 2.12. The van der Waals surface area contributed by atoms with Crippen molar-refractivity contribution < 1.29 is 0 Å². The van der Waals surface area contributed by atoms with Crippen molar-refractivity contribution in [3.63, 3.8) is 0 Å². The van der Waals surface area contributed by atoms with Crippen LogP contribution in [0.25, 0.3) is 16.1 Å². The average Bonchev–Trinajstić information content (AvgIpc) is 2.97. The van der Waals surface area contributed by atoms with E-state index in [1.807, 2.05) is 18.3 Å². The Morgan fingerprint density at radius 1 is 1.25 bits per heavy atom. The van der Waals surface area contributed by atoms with E-state index in [4.69, 9.17) is 5.73 Å². The maximum atomic E-state index is 5.70. The van der Waals surface area contributed by atoms with Crippen LogP contribution in [0.4, 0.5) is 0 Å². The highest BCUT2D eigenvalue weighted by Gasteiger charge is 2.08. The van der Waals surface area contributed by atoms with Crippen molar-refractivity contribution in [2.45, 2.75) is 6.54 Å². The van der Waals surface area contributed by atoms with Gasteiger partial charge in [-0.15, -0.1) is 11.3 Å². The smallest absolute Gasteiger partial charge is 0.127 e. The van der Waals surface area contributed by atoms with Gasteiger partial charge in [0.15, 0.2) is 0 Å². The normalized spacial score (nSPS) is 11.1. The molecular weight excluding hydrogens is 218 g/mol. The lowest BCUT2D eigenvalue weighted by atomic mass is 10.3. The Morgan fingerprint density at radius 3 is 2.94 bits per heavy atom. The summed E-state index contributed by atoms with van der Waals surface area (Å²) in [6.45, 7) is 0.455. The fourth-order valence-corrected chi connectivity index (χ4v) is 2.61.